The van der Waals surface area contributed by atoms with E-state index in [2.05, 4.69) is 20.5 Å². The second-order valence-electron chi connectivity index (χ2n) is 4.33. The highest BCUT2D eigenvalue weighted by molar-refractivity contribution is 5.99. The standard InChI is InChI=1S/C14H16N4O/c1-9-7-10(2)16-14(15-9)18-17-11(3)12-5-4-6-13(19)8-12/h4-8,19H,1-3H3,(H,15,16,18). The van der Waals surface area contributed by atoms with Crippen LogP contribution in [0.4, 0.5) is 5.95 Å². The fraction of sp³-hybridized carbons (Fsp3) is 0.214. The van der Waals surface area contributed by atoms with Crippen molar-refractivity contribution in [3.05, 3.63) is 47.3 Å². The van der Waals surface area contributed by atoms with Gasteiger partial charge in [0.2, 0.25) is 5.95 Å². The van der Waals surface area contributed by atoms with Gasteiger partial charge in [0.1, 0.15) is 5.75 Å². The molecule has 0 radical (unpaired) electrons. The number of hydrogen-bond donors (Lipinski definition) is 2. The third-order valence-electron chi connectivity index (χ3n) is 2.57. The molecule has 5 nitrogen and oxygen atoms in total. The van der Waals surface area contributed by atoms with E-state index in [9.17, 15) is 5.11 Å². The Balaban J connectivity index is 2.18. The van der Waals surface area contributed by atoms with Crippen LogP contribution in [0.3, 0.4) is 0 Å². The van der Waals surface area contributed by atoms with Gasteiger partial charge < -0.3 is 5.11 Å². The Hall–Kier alpha value is -2.43. The topological polar surface area (TPSA) is 70.4 Å². The lowest BCUT2D eigenvalue weighted by atomic mass is 10.1. The van der Waals surface area contributed by atoms with Crippen molar-refractivity contribution in [3.63, 3.8) is 0 Å². The lowest BCUT2D eigenvalue weighted by Gasteiger charge is -2.04. The number of phenols is 1. The molecule has 2 aromatic rings. The number of hydrogen-bond acceptors (Lipinski definition) is 5. The smallest absolute Gasteiger partial charge is 0.243 e. The second-order valence-corrected chi connectivity index (χ2v) is 4.33. The average molecular weight is 256 g/mol. The molecule has 0 saturated carbocycles. The quantitative estimate of drug-likeness (QED) is 0.654. The number of aryl methyl sites for hydroxylation is 2. The maximum Gasteiger partial charge on any atom is 0.243 e. The average Bonchev–Trinajstić information content (AvgIpc) is 2.35. The molecule has 5 heteroatoms. The van der Waals surface area contributed by atoms with Crippen LogP contribution < -0.4 is 5.43 Å². The molecule has 1 aromatic carbocycles. The monoisotopic (exact) mass is 256 g/mol. The van der Waals surface area contributed by atoms with Gasteiger partial charge in [0, 0.05) is 17.0 Å². The van der Waals surface area contributed by atoms with Gasteiger partial charge in [0.25, 0.3) is 0 Å². The van der Waals surface area contributed by atoms with Crippen molar-refractivity contribution < 1.29 is 5.11 Å². The van der Waals surface area contributed by atoms with Crippen molar-refractivity contribution in [2.45, 2.75) is 20.8 Å². The van der Waals surface area contributed by atoms with E-state index in [4.69, 9.17) is 0 Å². The number of anilines is 1. The largest absolute Gasteiger partial charge is 0.508 e. The first-order chi connectivity index (χ1) is 9.04. The van der Waals surface area contributed by atoms with E-state index >= 15 is 0 Å². The maximum absolute atomic E-state index is 9.42. The lowest BCUT2D eigenvalue weighted by molar-refractivity contribution is 0.475. The number of aromatic nitrogens is 2. The van der Waals surface area contributed by atoms with Gasteiger partial charge in [-0.15, -0.1) is 0 Å². The fourth-order valence-electron chi connectivity index (χ4n) is 1.71. The Labute approximate surface area is 112 Å². The van der Waals surface area contributed by atoms with Crippen LogP contribution in [-0.4, -0.2) is 20.8 Å². The van der Waals surface area contributed by atoms with Crippen LogP contribution in [-0.2, 0) is 0 Å². The molecule has 0 spiro atoms. The molecule has 98 valence electrons. The van der Waals surface area contributed by atoms with Crippen LogP contribution in [0.5, 0.6) is 5.75 Å². The Bertz CT molecular complexity index is 602. The van der Waals surface area contributed by atoms with Crippen LogP contribution >= 0.6 is 0 Å². The van der Waals surface area contributed by atoms with Gasteiger partial charge in [-0.3, -0.25) is 0 Å². The molecule has 0 unspecified atom stereocenters. The summed E-state index contributed by atoms with van der Waals surface area (Å²) in [5.74, 6) is 0.687. The van der Waals surface area contributed by atoms with Crippen molar-refractivity contribution in [1.82, 2.24) is 9.97 Å². The van der Waals surface area contributed by atoms with Crippen molar-refractivity contribution >= 4 is 11.7 Å². The molecule has 0 aliphatic rings. The number of benzene rings is 1. The number of nitrogens with one attached hydrogen (secondary N) is 1. The van der Waals surface area contributed by atoms with Crippen LogP contribution in [0.15, 0.2) is 35.4 Å². The molecule has 0 amide bonds. The molecule has 1 aromatic heterocycles. The molecule has 0 fully saturated rings. The Morgan fingerprint density at radius 2 is 1.84 bits per heavy atom. The Kier molecular flexibility index (Phi) is 3.75. The summed E-state index contributed by atoms with van der Waals surface area (Å²) in [5.41, 5.74) is 6.20. The van der Waals surface area contributed by atoms with E-state index in [-0.39, 0.29) is 5.75 Å². The predicted molar refractivity (Wildman–Crippen MR) is 75.4 cm³/mol. The lowest BCUT2D eigenvalue weighted by Crippen LogP contribution is -2.03. The molecular weight excluding hydrogens is 240 g/mol. The first-order valence-electron chi connectivity index (χ1n) is 5.96. The molecule has 19 heavy (non-hydrogen) atoms. The summed E-state index contributed by atoms with van der Waals surface area (Å²) in [7, 11) is 0. The molecule has 0 atom stereocenters. The first-order valence-corrected chi connectivity index (χ1v) is 5.96. The summed E-state index contributed by atoms with van der Waals surface area (Å²) in [4.78, 5) is 8.48. The van der Waals surface area contributed by atoms with Crippen LogP contribution in [0.2, 0.25) is 0 Å². The number of phenolic OH excluding ortho intramolecular Hbond substituents is 1. The molecule has 0 aliphatic carbocycles. The van der Waals surface area contributed by atoms with Gasteiger partial charge in [-0.1, -0.05) is 12.1 Å². The third kappa shape index (κ3) is 3.51. The SMILES string of the molecule is CC(=NNc1nc(C)cc(C)n1)c1cccc(O)c1. The molecule has 0 saturated heterocycles. The molecule has 0 aliphatic heterocycles. The van der Waals surface area contributed by atoms with E-state index in [1.54, 1.807) is 18.2 Å². The molecule has 2 rings (SSSR count). The summed E-state index contributed by atoms with van der Waals surface area (Å²) >= 11 is 0. The molecule has 2 N–H and O–H groups in total. The van der Waals surface area contributed by atoms with Gasteiger partial charge in [-0.25, -0.2) is 15.4 Å². The molecular formula is C14H16N4O. The van der Waals surface area contributed by atoms with Crippen molar-refractivity contribution in [1.29, 1.82) is 0 Å². The van der Waals surface area contributed by atoms with Crippen molar-refractivity contribution in [3.8, 4) is 5.75 Å². The minimum Gasteiger partial charge on any atom is -0.508 e. The Morgan fingerprint density at radius 1 is 1.16 bits per heavy atom. The predicted octanol–water partition coefficient (Wildman–Crippen LogP) is 2.64. The number of hydrazone groups is 1. The van der Waals surface area contributed by atoms with E-state index in [1.165, 1.54) is 0 Å². The molecule has 0 bridgehead atoms. The minimum atomic E-state index is 0.217. The van der Waals surface area contributed by atoms with E-state index in [0.29, 0.717) is 5.95 Å². The summed E-state index contributed by atoms with van der Waals surface area (Å²) < 4.78 is 0. The summed E-state index contributed by atoms with van der Waals surface area (Å²) in [6, 6.07) is 8.83. The van der Waals surface area contributed by atoms with E-state index in [1.807, 2.05) is 32.9 Å². The zero-order valence-corrected chi connectivity index (χ0v) is 11.2. The van der Waals surface area contributed by atoms with E-state index in [0.717, 1.165) is 22.7 Å². The number of rotatable bonds is 3. The third-order valence-corrected chi connectivity index (χ3v) is 2.57. The fourth-order valence-corrected chi connectivity index (χ4v) is 1.71. The van der Waals surface area contributed by atoms with Crippen LogP contribution in [0.1, 0.15) is 23.9 Å². The highest BCUT2D eigenvalue weighted by Gasteiger charge is 2.00. The highest BCUT2D eigenvalue weighted by atomic mass is 16.3. The highest BCUT2D eigenvalue weighted by Crippen LogP contribution is 2.12. The van der Waals surface area contributed by atoms with Gasteiger partial charge in [0.05, 0.1) is 5.71 Å². The van der Waals surface area contributed by atoms with Gasteiger partial charge >= 0.3 is 0 Å². The normalized spacial score (nSPS) is 11.4. The second kappa shape index (κ2) is 5.48. The minimum absolute atomic E-state index is 0.217. The number of aromatic hydroxyl groups is 1. The van der Waals surface area contributed by atoms with Crippen molar-refractivity contribution in [2.24, 2.45) is 5.10 Å². The van der Waals surface area contributed by atoms with Crippen molar-refractivity contribution in [2.75, 3.05) is 5.43 Å². The van der Waals surface area contributed by atoms with Gasteiger partial charge in [-0.2, -0.15) is 5.10 Å². The molecule has 1 heterocycles. The van der Waals surface area contributed by atoms with Gasteiger partial charge in [-0.05, 0) is 39.0 Å². The number of nitrogens with zero attached hydrogens (tertiary/aromatic N) is 3. The van der Waals surface area contributed by atoms with Crippen LogP contribution in [0.25, 0.3) is 0 Å². The summed E-state index contributed by atoms with van der Waals surface area (Å²) in [6.45, 7) is 5.67. The van der Waals surface area contributed by atoms with E-state index < -0.39 is 0 Å². The summed E-state index contributed by atoms with van der Waals surface area (Å²) in [5, 5.41) is 13.6. The van der Waals surface area contributed by atoms with Gasteiger partial charge in [0.15, 0.2) is 0 Å². The first kappa shape index (κ1) is 13.0. The maximum atomic E-state index is 9.42. The zero-order valence-electron chi connectivity index (χ0n) is 11.2. The van der Waals surface area contributed by atoms with Crippen LogP contribution in [0, 0.1) is 13.8 Å². The zero-order chi connectivity index (χ0) is 13.8. The summed E-state index contributed by atoms with van der Waals surface area (Å²) in [6.07, 6.45) is 0. The Morgan fingerprint density at radius 3 is 2.47 bits per heavy atom.